The average Bonchev–Trinajstić information content (AvgIpc) is 2.15. The van der Waals surface area contributed by atoms with Crippen molar-refractivity contribution in [3.63, 3.8) is 0 Å². The SMILES string of the molecule is CC=CCN1CCCC(C)(C(=O)O)C1. The first-order valence-corrected chi connectivity index (χ1v) is 5.15. The van der Waals surface area contributed by atoms with Gasteiger partial charge in [-0.1, -0.05) is 12.2 Å². The Morgan fingerprint density at radius 3 is 2.93 bits per heavy atom. The fourth-order valence-corrected chi connectivity index (χ4v) is 1.93. The molecule has 0 aromatic heterocycles. The Morgan fingerprint density at radius 2 is 2.36 bits per heavy atom. The van der Waals surface area contributed by atoms with Gasteiger partial charge in [0.05, 0.1) is 5.41 Å². The average molecular weight is 197 g/mol. The predicted octanol–water partition coefficient (Wildman–Crippen LogP) is 1.75. The minimum atomic E-state index is -0.664. The number of nitrogens with zero attached hydrogens (tertiary/aromatic N) is 1. The van der Waals surface area contributed by atoms with Gasteiger partial charge in [-0.05, 0) is 33.2 Å². The molecule has 1 N–H and O–H groups in total. The number of hydrogen-bond acceptors (Lipinski definition) is 2. The number of piperidine rings is 1. The monoisotopic (exact) mass is 197 g/mol. The molecule has 1 unspecified atom stereocenters. The third-order valence-corrected chi connectivity index (χ3v) is 2.89. The lowest BCUT2D eigenvalue weighted by Gasteiger charge is -2.36. The van der Waals surface area contributed by atoms with Crippen molar-refractivity contribution in [3.05, 3.63) is 12.2 Å². The first-order valence-electron chi connectivity index (χ1n) is 5.15. The smallest absolute Gasteiger partial charge is 0.310 e. The number of carboxylic acids is 1. The van der Waals surface area contributed by atoms with E-state index in [-0.39, 0.29) is 0 Å². The summed E-state index contributed by atoms with van der Waals surface area (Å²) in [5.41, 5.74) is -0.542. The summed E-state index contributed by atoms with van der Waals surface area (Å²) in [5.74, 6) is -0.664. The molecule has 0 spiro atoms. The van der Waals surface area contributed by atoms with Crippen LogP contribution in [0, 0.1) is 5.41 Å². The summed E-state index contributed by atoms with van der Waals surface area (Å²) >= 11 is 0. The topological polar surface area (TPSA) is 40.5 Å². The molecule has 3 nitrogen and oxygen atoms in total. The molecule has 0 saturated carbocycles. The van der Waals surface area contributed by atoms with Gasteiger partial charge in [0.1, 0.15) is 0 Å². The van der Waals surface area contributed by atoms with Crippen LogP contribution < -0.4 is 0 Å². The van der Waals surface area contributed by atoms with E-state index in [4.69, 9.17) is 5.11 Å². The summed E-state index contributed by atoms with van der Waals surface area (Å²) in [6.07, 6.45) is 5.87. The van der Waals surface area contributed by atoms with Gasteiger partial charge in [-0.25, -0.2) is 0 Å². The van der Waals surface area contributed by atoms with Crippen molar-refractivity contribution in [2.45, 2.75) is 26.7 Å². The van der Waals surface area contributed by atoms with E-state index in [9.17, 15) is 4.79 Å². The maximum atomic E-state index is 11.1. The van der Waals surface area contributed by atoms with Gasteiger partial charge in [-0.15, -0.1) is 0 Å². The van der Waals surface area contributed by atoms with Crippen molar-refractivity contribution in [1.29, 1.82) is 0 Å². The Bertz CT molecular complexity index is 237. The van der Waals surface area contributed by atoms with E-state index in [1.165, 1.54) is 0 Å². The van der Waals surface area contributed by atoms with Crippen LogP contribution in [0.3, 0.4) is 0 Å². The van der Waals surface area contributed by atoms with Gasteiger partial charge in [-0.3, -0.25) is 9.69 Å². The van der Waals surface area contributed by atoms with Gasteiger partial charge in [-0.2, -0.15) is 0 Å². The predicted molar refractivity (Wildman–Crippen MR) is 56.2 cm³/mol. The second-order valence-electron chi connectivity index (χ2n) is 4.27. The summed E-state index contributed by atoms with van der Waals surface area (Å²) in [5, 5.41) is 9.10. The number of allylic oxidation sites excluding steroid dienone is 1. The van der Waals surface area contributed by atoms with E-state index in [1.54, 1.807) is 0 Å². The van der Waals surface area contributed by atoms with Crippen LogP contribution in [-0.4, -0.2) is 35.6 Å². The first-order chi connectivity index (χ1) is 6.58. The molecule has 0 radical (unpaired) electrons. The Labute approximate surface area is 85.4 Å². The van der Waals surface area contributed by atoms with Crippen molar-refractivity contribution in [3.8, 4) is 0 Å². The zero-order valence-corrected chi connectivity index (χ0v) is 8.99. The molecule has 1 saturated heterocycles. The molecule has 1 atom stereocenters. The molecule has 3 heteroatoms. The molecule has 0 aliphatic carbocycles. The highest BCUT2D eigenvalue weighted by molar-refractivity contribution is 5.74. The van der Waals surface area contributed by atoms with Crippen molar-refractivity contribution < 1.29 is 9.90 Å². The fraction of sp³-hybridized carbons (Fsp3) is 0.727. The number of likely N-dealkylation sites (tertiary alicyclic amines) is 1. The van der Waals surface area contributed by atoms with Crippen LogP contribution in [0.25, 0.3) is 0 Å². The number of hydrogen-bond donors (Lipinski definition) is 1. The lowest BCUT2D eigenvalue weighted by Crippen LogP contribution is -2.45. The third-order valence-electron chi connectivity index (χ3n) is 2.89. The summed E-state index contributed by atoms with van der Waals surface area (Å²) in [6.45, 7) is 6.40. The summed E-state index contributed by atoms with van der Waals surface area (Å²) in [7, 11) is 0. The maximum absolute atomic E-state index is 11.1. The summed E-state index contributed by atoms with van der Waals surface area (Å²) in [6, 6.07) is 0. The van der Waals surface area contributed by atoms with Crippen molar-refractivity contribution in [2.24, 2.45) is 5.41 Å². The normalized spacial score (nSPS) is 29.6. The maximum Gasteiger partial charge on any atom is 0.310 e. The second-order valence-corrected chi connectivity index (χ2v) is 4.27. The van der Waals surface area contributed by atoms with Crippen LogP contribution in [-0.2, 0) is 4.79 Å². The van der Waals surface area contributed by atoms with Gasteiger partial charge < -0.3 is 5.11 Å². The minimum Gasteiger partial charge on any atom is -0.481 e. The fourth-order valence-electron chi connectivity index (χ4n) is 1.93. The minimum absolute atomic E-state index is 0.542. The van der Waals surface area contributed by atoms with Crippen LogP contribution >= 0.6 is 0 Å². The summed E-state index contributed by atoms with van der Waals surface area (Å²) < 4.78 is 0. The van der Waals surface area contributed by atoms with Crippen LogP contribution in [0.1, 0.15) is 26.7 Å². The molecule has 1 aliphatic heterocycles. The van der Waals surface area contributed by atoms with Crippen molar-refractivity contribution >= 4 is 5.97 Å². The lowest BCUT2D eigenvalue weighted by atomic mass is 9.82. The summed E-state index contributed by atoms with van der Waals surface area (Å²) in [4.78, 5) is 13.3. The van der Waals surface area contributed by atoms with E-state index in [1.807, 2.05) is 19.9 Å². The van der Waals surface area contributed by atoms with Gasteiger partial charge in [0, 0.05) is 13.1 Å². The van der Waals surface area contributed by atoms with Gasteiger partial charge in [0.15, 0.2) is 0 Å². The number of carbonyl (C=O) groups is 1. The Kier molecular flexibility index (Phi) is 3.69. The van der Waals surface area contributed by atoms with Crippen molar-refractivity contribution in [2.75, 3.05) is 19.6 Å². The van der Waals surface area contributed by atoms with E-state index >= 15 is 0 Å². The first kappa shape index (κ1) is 11.2. The molecule has 0 aromatic rings. The standard InChI is InChI=1S/C11H19NO2/c1-3-4-7-12-8-5-6-11(2,9-12)10(13)14/h3-4H,5-9H2,1-2H3,(H,13,14). The van der Waals surface area contributed by atoms with Crippen LogP contribution in [0.2, 0.25) is 0 Å². The van der Waals surface area contributed by atoms with Crippen molar-refractivity contribution in [1.82, 2.24) is 4.90 Å². The van der Waals surface area contributed by atoms with E-state index in [2.05, 4.69) is 11.0 Å². The molecule has 80 valence electrons. The molecule has 0 aromatic carbocycles. The molecule has 1 heterocycles. The highest BCUT2D eigenvalue weighted by atomic mass is 16.4. The highest BCUT2D eigenvalue weighted by Crippen LogP contribution is 2.29. The van der Waals surface area contributed by atoms with Crippen LogP contribution in [0.5, 0.6) is 0 Å². The number of carboxylic acid groups (broad SMARTS) is 1. The Balaban J connectivity index is 2.55. The zero-order valence-electron chi connectivity index (χ0n) is 8.99. The van der Waals surface area contributed by atoms with Crippen LogP contribution in [0.4, 0.5) is 0 Å². The lowest BCUT2D eigenvalue weighted by molar-refractivity contribution is -0.151. The van der Waals surface area contributed by atoms with E-state index < -0.39 is 11.4 Å². The van der Waals surface area contributed by atoms with E-state index in [0.29, 0.717) is 6.54 Å². The molecular weight excluding hydrogens is 178 g/mol. The molecule has 14 heavy (non-hydrogen) atoms. The Morgan fingerprint density at radius 1 is 1.64 bits per heavy atom. The highest BCUT2D eigenvalue weighted by Gasteiger charge is 2.37. The number of rotatable bonds is 3. The van der Waals surface area contributed by atoms with Crippen LogP contribution in [0.15, 0.2) is 12.2 Å². The molecule has 1 rings (SSSR count). The van der Waals surface area contributed by atoms with Gasteiger partial charge >= 0.3 is 5.97 Å². The molecule has 0 bridgehead atoms. The number of aliphatic carboxylic acids is 1. The molecule has 1 fully saturated rings. The van der Waals surface area contributed by atoms with E-state index in [0.717, 1.165) is 25.9 Å². The largest absolute Gasteiger partial charge is 0.481 e. The van der Waals surface area contributed by atoms with Gasteiger partial charge in [0.2, 0.25) is 0 Å². The second kappa shape index (κ2) is 4.60. The quantitative estimate of drug-likeness (QED) is 0.701. The van der Waals surface area contributed by atoms with Gasteiger partial charge in [0.25, 0.3) is 0 Å². The third kappa shape index (κ3) is 2.58. The molecule has 1 aliphatic rings. The molecule has 0 amide bonds. The zero-order chi connectivity index (χ0) is 10.6. The Hall–Kier alpha value is -0.830. The molecular formula is C11H19NO2.